The molecule has 0 saturated heterocycles. The van der Waals surface area contributed by atoms with Gasteiger partial charge in [0.25, 0.3) is 0 Å². The van der Waals surface area contributed by atoms with Gasteiger partial charge in [-0.05, 0) is 44.7 Å². The Labute approximate surface area is 115 Å². The molecular formula is C15H23N3O. The molecule has 0 radical (unpaired) electrons. The SMILES string of the molecule is CNC(C)(C)CN(C)c1ccc2c(c1)CC(=O)N2C. The van der Waals surface area contributed by atoms with E-state index in [0.717, 1.165) is 23.5 Å². The summed E-state index contributed by atoms with van der Waals surface area (Å²) in [7, 11) is 5.90. The van der Waals surface area contributed by atoms with Crippen LogP contribution in [0.3, 0.4) is 0 Å². The lowest BCUT2D eigenvalue weighted by atomic mass is 10.0. The van der Waals surface area contributed by atoms with Crippen molar-refractivity contribution in [1.82, 2.24) is 5.32 Å². The summed E-state index contributed by atoms with van der Waals surface area (Å²) in [6.45, 7) is 5.26. The number of nitrogens with zero attached hydrogens (tertiary/aromatic N) is 2. The van der Waals surface area contributed by atoms with Gasteiger partial charge in [0, 0.05) is 37.6 Å². The molecule has 1 heterocycles. The van der Waals surface area contributed by atoms with E-state index < -0.39 is 0 Å². The average molecular weight is 261 g/mol. The molecule has 1 aliphatic heterocycles. The minimum Gasteiger partial charge on any atom is -0.373 e. The molecule has 1 N–H and O–H groups in total. The highest BCUT2D eigenvalue weighted by atomic mass is 16.2. The van der Waals surface area contributed by atoms with Crippen LogP contribution in [0.1, 0.15) is 19.4 Å². The number of likely N-dealkylation sites (N-methyl/N-ethyl adjacent to an activating group) is 3. The van der Waals surface area contributed by atoms with E-state index >= 15 is 0 Å². The van der Waals surface area contributed by atoms with Gasteiger partial charge in [-0.1, -0.05) is 0 Å². The zero-order valence-electron chi connectivity index (χ0n) is 12.4. The Bertz CT molecular complexity index is 496. The number of benzene rings is 1. The Kier molecular flexibility index (Phi) is 3.54. The van der Waals surface area contributed by atoms with Crippen molar-refractivity contribution in [2.45, 2.75) is 25.8 Å². The maximum atomic E-state index is 11.7. The molecule has 0 spiro atoms. The van der Waals surface area contributed by atoms with Gasteiger partial charge in [0.2, 0.25) is 5.91 Å². The molecule has 0 aromatic heterocycles. The molecule has 4 nitrogen and oxygen atoms in total. The summed E-state index contributed by atoms with van der Waals surface area (Å²) in [4.78, 5) is 15.6. The topological polar surface area (TPSA) is 35.6 Å². The molecule has 104 valence electrons. The van der Waals surface area contributed by atoms with Crippen LogP contribution in [-0.2, 0) is 11.2 Å². The van der Waals surface area contributed by atoms with Crippen molar-refractivity contribution in [3.63, 3.8) is 0 Å². The summed E-state index contributed by atoms with van der Waals surface area (Å²) >= 11 is 0. The summed E-state index contributed by atoms with van der Waals surface area (Å²) in [6, 6.07) is 6.25. The van der Waals surface area contributed by atoms with Crippen molar-refractivity contribution >= 4 is 17.3 Å². The van der Waals surface area contributed by atoms with Gasteiger partial charge < -0.3 is 15.1 Å². The van der Waals surface area contributed by atoms with Crippen LogP contribution in [0.25, 0.3) is 0 Å². The first-order valence-electron chi connectivity index (χ1n) is 6.63. The average Bonchev–Trinajstić information content (AvgIpc) is 2.64. The van der Waals surface area contributed by atoms with E-state index in [1.54, 1.807) is 4.90 Å². The van der Waals surface area contributed by atoms with E-state index in [1.165, 1.54) is 0 Å². The maximum Gasteiger partial charge on any atom is 0.231 e. The number of fused-ring (bicyclic) bond motifs is 1. The molecule has 0 fully saturated rings. The Morgan fingerprint density at radius 1 is 1.42 bits per heavy atom. The molecule has 0 aliphatic carbocycles. The quantitative estimate of drug-likeness (QED) is 0.895. The number of nitrogens with one attached hydrogen (secondary N) is 1. The largest absolute Gasteiger partial charge is 0.373 e. The van der Waals surface area contributed by atoms with Crippen molar-refractivity contribution in [2.75, 3.05) is 37.5 Å². The van der Waals surface area contributed by atoms with Crippen LogP contribution >= 0.6 is 0 Å². The molecule has 1 aromatic carbocycles. The normalized spacial score (nSPS) is 14.8. The maximum absolute atomic E-state index is 11.7. The third-order valence-electron chi connectivity index (χ3n) is 3.89. The van der Waals surface area contributed by atoms with Crippen LogP contribution in [0.5, 0.6) is 0 Å². The van der Waals surface area contributed by atoms with Crippen LogP contribution in [0.2, 0.25) is 0 Å². The first kappa shape index (κ1) is 13.9. The Balaban J connectivity index is 2.20. The number of hydrogen-bond donors (Lipinski definition) is 1. The van der Waals surface area contributed by atoms with Crippen LogP contribution in [0.15, 0.2) is 18.2 Å². The van der Waals surface area contributed by atoms with Crippen molar-refractivity contribution < 1.29 is 4.79 Å². The second-order valence-corrected chi connectivity index (χ2v) is 5.93. The summed E-state index contributed by atoms with van der Waals surface area (Å²) in [5.41, 5.74) is 3.37. The molecule has 2 rings (SSSR count). The summed E-state index contributed by atoms with van der Waals surface area (Å²) < 4.78 is 0. The van der Waals surface area contributed by atoms with Crippen LogP contribution in [-0.4, -0.2) is 39.1 Å². The molecule has 19 heavy (non-hydrogen) atoms. The summed E-state index contributed by atoms with van der Waals surface area (Å²) in [5, 5.41) is 3.30. The van der Waals surface area contributed by atoms with Gasteiger partial charge in [-0.25, -0.2) is 0 Å². The smallest absolute Gasteiger partial charge is 0.231 e. The first-order chi connectivity index (χ1) is 8.84. The monoisotopic (exact) mass is 261 g/mol. The van der Waals surface area contributed by atoms with E-state index in [0.29, 0.717) is 6.42 Å². The molecule has 0 unspecified atom stereocenters. The highest BCUT2D eigenvalue weighted by Gasteiger charge is 2.25. The summed E-state index contributed by atoms with van der Waals surface area (Å²) in [6.07, 6.45) is 0.517. The van der Waals surface area contributed by atoms with Crippen molar-refractivity contribution in [2.24, 2.45) is 0 Å². The molecule has 4 heteroatoms. The third kappa shape index (κ3) is 2.73. The lowest BCUT2D eigenvalue weighted by molar-refractivity contribution is -0.117. The molecular weight excluding hydrogens is 238 g/mol. The van der Waals surface area contributed by atoms with E-state index in [4.69, 9.17) is 0 Å². The van der Waals surface area contributed by atoms with E-state index in [-0.39, 0.29) is 11.4 Å². The third-order valence-corrected chi connectivity index (χ3v) is 3.89. The lowest BCUT2D eigenvalue weighted by Crippen LogP contribution is -2.46. The predicted molar refractivity (Wildman–Crippen MR) is 80.0 cm³/mol. The Hall–Kier alpha value is -1.55. The fourth-order valence-electron chi connectivity index (χ4n) is 2.46. The predicted octanol–water partition coefficient (Wildman–Crippen LogP) is 1.64. The van der Waals surface area contributed by atoms with Gasteiger partial charge in [0.05, 0.1) is 6.42 Å². The van der Waals surface area contributed by atoms with Crippen LogP contribution in [0, 0.1) is 0 Å². The van der Waals surface area contributed by atoms with Gasteiger partial charge >= 0.3 is 0 Å². The molecule has 0 saturated carbocycles. The van der Waals surface area contributed by atoms with Gasteiger partial charge in [-0.3, -0.25) is 4.79 Å². The van der Waals surface area contributed by atoms with E-state index in [2.05, 4.69) is 43.2 Å². The zero-order valence-corrected chi connectivity index (χ0v) is 12.4. The van der Waals surface area contributed by atoms with E-state index in [1.807, 2.05) is 20.2 Å². The number of carbonyl (C=O) groups excluding carboxylic acids is 1. The van der Waals surface area contributed by atoms with Crippen LogP contribution in [0.4, 0.5) is 11.4 Å². The van der Waals surface area contributed by atoms with Crippen molar-refractivity contribution in [3.8, 4) is 0 Å². The van der Waals surface area contributed by atoms with Crippen molar-refractivity contribution in [1.29, 1.82) is 0 Å². The second kappa shape index (κ2) is 4.85. The first-order valence-corrected chi connectivity index (χ1v) is 6.63. The van der Waals surface area contributed by atoms with Crippen LogP contribution < -0.4 is 15.1 Å². The lowest BCUT2D eigenvalue weighted by Gasteiger charge is -2.31. The van der Waals surface area contributed by atoms with Crippen molar-refractivity contribution in [3.05, 3.63) is 23.8 Å². The van der Waals surface area contributed by atoms with Gasteiger partial charge in [0.1, 0.15) is 0 Å². The highest BCUT2D eigenvalue weighted by Crippen LogP contribution is 2.31. The molecule has 1 aromatic rings. The number of rotatable bonds is 4. The van der Waals surface area contributed by atoms with Gasteiger partial charge in [-0.2, -0.15) is 0 Å². The standard InChI is InChI=1S/C15H23N3O/c1-15(2,16-3)10-17(4)12-6-7-13-11(8-12)9-14(19)18(13)5/h6-8,16H,9-10H2,1-5H3. The molecule has 0 atom stereocenters. The Morgan fingerprint density at radius 2 is 2.11 bits per heavy atom. The van der Waals surface area contributed by atoms with E-state index in [9.17, 15) is 4.79 Å². The summed E-state index contributed by atoms with van der Waals surface area (Å²) in [5.74, 6) is 0.172. The molecule has 1 aliphatic rings. The number of anilines is 2. The zero-order chi connectivity index (χ0) is 14.2. The fourth-order valence-corrected chi connectivity index (χ4v) is 2.46. The number of carbonyl (C=O) groups is 1. The number of amides is 1. The molecule has 0 bridgehead atoms. The minimum absolute atomic E-state index is 0.0559. The fraction of sp³-hybridized carbons (Fsp3) is 0.533. The number of hydrogen-bond acceptors (Lipinski definition) is 3. The minimum atomic E-state index is 0.0559. The second-order valence-electron chi connectivity index (χ2n) is 5.93. The van der Waals surface area contributed by atoms with Gasteiger partial charge in [0.15, 0.2) is 0 Å². The van der Waals surface area contributed by atoms with Gasteiger partial charge in [-0.15, -0.1) is 0 Å². The molecule has 1 amide bonds. The highest BCUT2D eigenvalue weighted by molar-refractivity contribution is 6.01. The Morgan fingerprint density at radius 3 is 2.74 bits per heavy atom.